The zero-order valence-corrected chi connectivity index (χ0v) is 11.9. The first-order valence-electron chi connectivity index (χ1n) is 5.44. The van der Waals surface area contributed by atoms with Crippen LogP contribution in [0.4, 0.5) is 5.69 Å². The normalized spacial score (nSPS) is 10.9. The Kier molecular flexibility index (Phi) is 4.21. The number of ether oxygens (including phenoxy) is 1. The van der Waals surface area contributed by atoms with Crippen LogP contribution in [-0.2, 0) is 0 Å². The smallest absolute Gasteiger partial charge is 0.264 e. The number of aromatic nitrogens is 2. The third-order valence-electron chi connectivity index (χ3n) is 2.43. The molecular weight excluding hydrogens is 302 g/mol. The molecule has 8 heteroatoms. The van der Waals surface area contributed by atoms with Crippen molar-refractivity contribution in [3.63, 3.8) is 0 Å². The van der Waals surface area contributed by atoms with Gasteiger partial charge in [0.05, 0.1) is 7.11 Å². The Morgan fingerprint density at radius 3 is 2.85 bits per heavy atom. The van der Waals surface area contributed by atoms with E-state index in [2.05, 4.69) is 15.0 Å². The zero-order valence-electron chi connectivity index (χ0n) is 10.3. The van der Waals surface area contributed by atoms with Crippen molar-refractivity contribution in [1.29, 1.82) is 0 Å². The maximum atomic E-state index is 11.7. The largest absolute Gasteiger partial charge is 0.494 e. The number of aromatic amines is 2. The maximum Gasteiger partial charge on any atom is 0.264 e. The lowest BCUT2D eigenvalue weighted by Gasteiger charge is -2.04. The van der Waals surface area contributed by atoms with Crippen molar-refractivity contribution in [3.05, 3.63) is 43.9 Å². The lowest BCUT2D eigenvalue weighted by Crippen LogP contribution is -2.13. The van der Waals surface area contributed by atoms with E-state index in [-0.39, 0.29) is 16.2 Å². The molecule has 0 fully saturated rings. The van der Waals surface area contributed by atoms with Gasteiger partial charge in [-0.15, -0.1) is 0 Å². The molecule has 1 aromatic carbocycles. The van der Waals surface area contributed by atoms with Gasteiger partial charge in [0, 0.05) is 11.2 Å². The summed E-state index contributed by atoms with van der Waals surface area (Å²) >= 11 is 10.6. The van der Waals surface area contributed by atoms with Gasteiger partial charge in [-0.05, 0) is 30.4 Å². The first-order valence-corrected chi connectivity index (χ1v) is 6.23. The van der Waals surface area contributed by atoms with E-state index in [0.717, 1.165) is 0 Å². The highest BCUT2D eigenvalue weighted by Crippen LogP contribution is 2.30. The number of nitrogens with zero attached hydrogens (tertiary/aromatic N) is 1. The summed E-state index contributed by atoms with van der Waals surface area (Å²) in [5, 5.41) is 10.1. The Morgan fingerprint density at radius 2 is 2.20 bits per heavy atom. The van der Waals surface area contributed by atoms with Gasteiger partial charge >= 0.3 is 0 Å². The molecule has 0 bridgehead atoms. The number of rotatable bonds is 3. The van der Waals surface area contributed by atoms with E-state index in [1.54, 1.807) is 18.2 Å². The number of nitrogens with one attached hydrogen (secondary N) is 2. The molecule has 0 atom stereocenters. The van der Waals surface area contributed by atoms with Gasteiger partial charge < -0.3 is 14.8 Å². The third-order valence-corrected chi connectivity index (χ3v) is 2.87. The van der Waals surface area contributed by atoms with Crippen LogP contribution in [0.2, 0.25) is 5.02 Å². The minimum Gasteiger partial charge on any atom is -0.494 e. The number of benzene rings is 1. The highest BCUT2D eigenvalue weighted by atomic mass is 35.5. The predicted molar refractivity (Wildman–Crippen MR) is 79.2 cm³/mol. The molecule has 0 saturated heterocycles. The van der Waals surface area contributed by atoms with E-state index in [0.29, 0.717) is 16.5 Å². The van der Waals surface area contributed by atoms with Crippen molar-refractivity contribution in [1.82, 2.24) is 9.97 Å². The molecule has 0 saturated carbocycles. The van der Waals surface area contributed by atoms with Crippen LogP contribution < -0.4 is 10.3 Å². The lowest BCUT2D eigenvalue weighted by atomic mass is 10.3. The fraction of sp³-hybridized carbons (Fsp3) is 0.0833. The molecule has 0 radical (unpaired) electrons. The quantitative estimate of drug-likeness (QED) is 0.600. The van der Waals surface area contributed by atoms with Crippen molar-refractivity contribution in [2.75, 3.05) is 7.11 Å². The number of aliphatic imine (C=N–C) groups is 1. The number of hydrogen-bond donors (Lipinski definition) is 3. The average molecular weight is 312 g/mol. The first kappa shape index (κ1) is 14.3. The molecule has 0 aliphatic carbocycles. The SMILES string of the molecule is COc1ccc(Cl)cc1N=Cc1c(O)[nH]c(=S)[nH]c1=O. The highest BCUT2D eigenvalue weighted by Gasteiger charge is 2.06. The van der Waals surface area contributed by atoms with Gasteiger partial charge in [0.2, 0.25) is 5.88 Å². The van der Waals surface area contributed by atoms with E-state index < -0.39 is 5.56 Å². The van der Waals surface area contributed by atoms with Crippen LogP contribution in [-0.4, -0.2) is 28.4 Å². The molecule has 0 aliphatic heterocycles. The van der Waals surface area contributed by atoms with Gasteiger partial charge in [0.15, 0.2) is 4.77 Å². The fourth-order valence-electron chi connectivity index (χ4n) is 1.50. The van der Waals surface area contributed by atoms with Gasteiger partial charge in [-0.25, -0.2) is 0 Å². The number of aromatic hydroxyl groups is 1. The average Bonchev–Trinajstić information content (AvgIpc) is 2.37. The second-order valence-electron chi connectivity index (χ2n) is 3.74. The minimum atomic E-state index is -0.545. The van der Waals surface area contributed by atoms with E-state index >= 15 is 0 Å². The van der Waals surface area contributed by atoms with Gasteiger partial charge in [-0.3, -0.25) is 14.8 Å². The molecular formula is C12H10ClN3O3S. The van der Waals surface area contributed by atoms with E-state index in [9.17, 15) is 9.90 Å². The van der Waals surface area contributed by atoms with E-state index in [1.807, 2.05) is 0 Å². The summed E-state index contributed by atoms with van der Waals surface area (Å²) in [6.45, 7) is 0. The molecule has 0 amide bonds. The molecule has 0 spiro atoms. The van der Waals surface area contributed by atoms with Crippen LogP contribution in [0.1, 0.15) is 5.56 Å². The van der Waals surface area contributed by atoms with Crippen molar-refractivity contribution in [2.45, 2.75) is 0 Å². The maximum absolute atomic E-state index is 11.7. The van der Waals surface area contributed by atoms with Crippen molar-refractivity contribution in [2.24, 2.45) is 4.99 Å². The van der Waals surface area contributed by atoms with Gasteiger partial charge in [0.25, 0.3) is 5.56 Å². The molecule has 104 valence electrons. The van der Waals surface area contributed by atoms with Gasteiger partial charge in [-0.2, -0.15) is 0 Å². The number of methoxy groups -OCH3 is 1. The van der Waals surface area contributed by atoms with E-state index in [4.69, 9.17) is 28.6 Å². The summed E-state index contributed by atoms with van der Waals surface area (Å²) in [5.41, 5.74) is -0.155. The number of H-pyrrole nitrogens is 2. The summed E-state index contributed by atoms with van der Waals surface area (Å²) in [6, 6.07) is 4.88. The van der Waals surface area contributed by atoms with E-state index in [1.165, 1.54) is 13.3 Å². The summed E-state index contributed by atoms with van der Waals surface area (Å²) in [6.07, 6.45) is 1.20. The van der Waals surface area contributed by atoms with Gasteiger partial charge in [0.1, 0.15) is 17.0 Å². The number of hydrogen-bond acceptors (Lipinski definition) is 5. The van der Waals surface area contributed by atoms with Gasteiger partial charge in [-0.1, -0.05) is 11.6 Å². The Labute approximate surface area is 123 Å². The molecule has 6 nitrogen and oxygen atoms in total. The van der Waals surface area contributed by atoms with Crippen LogP contribution in [0, 0.1) is 4.77 Å². The van der Waals surface area contributed by atoms with Crippen LogP contribution in [0.25, 0.3) is 0 Å². The Morgan fingerprint density at radius 1 is 1.45 bits per heavy atom. The zero-order chi connectivity index (χ0) is 14.7. The molecule has 1 aromatic heterocycles. The lowest BCUT2D eigenvalue weighted by molar-refractivity contribution is 0.416. The van der Waals surface area contributed by atoms with Crippen LogP contribution >= 0.6 is 23.8 Å². The second kappa shape index (κ2) is 5.89. The molecule has 20 heavy (non-hydrogen) atoms. The molecule has 0 aliphatic rings. The molecule has 3 N–H and O–H groups in total. The first-order chi connectivity index (χ1) is 9.51. The van der Waals surface area contributed by atoms with Crippen LogP contribution in [0.3, 0.4) is 0 Å². The fourth-order valence-corrected chi connectivity index (χ4v) is 1.86. The third kappa shape index (κ3) is 3.06. The highest BCUT2D eigenvalue weighted by molar-refractivity contribution is 7.71. The Hall–Kier alpha value is -2.12. The molecule has 0 unspecified atom stereocenters. The summed E-state index contributed by atoms with van der Waals surface area (Å²) in [4.78, 5) is 20.5. The van der Waals surface area contributed by atoms with Crippen LogP contribution in [0.5, 0.6) is 11.6 Å². The summed E-state index contributed by atoms with van der Waals surface area (Å²) in [7, 11) is 1.49. The van der Waals surface area contributed by atoms with Crippen LogP contribution in [0.15, 0.2) is 28.0 Å². The Bertz CT molecular complexity index is 782. The standard InChI is InChI=1S/C12H10ClN3O3S/c1-19-9-3-2-6(13)4-8(9)14-5-7-10(17)15-12(20)16-11(7)18/h2-5H,1H3,(H3,15,16,17,18,20). The summed E-state index contributed by atoms with van der Waals surface area (Å²) in [5.74, 6) is 0.133. The number of halogens is 1. The predicted octanol–water partition coefficient (Wildman–Crippen LogP) is 2.55. The topological polar surface area (TPSA) is 90.5 Å². The van der Waals surface area contributed by atoms with Crippen molar-refractivity contribution in [3.8, 4) is 11.6 Å². The minimum absolute atomic E-state index is 0.0324. The van der Waals surface area contributed by atoms with Crippen molar-refractivity contribution < 1.29 is 9.84 Å². The molecule has 1 heterocycles. The molecule has 2 aromatic rings. The monoisotopic (exact) mass is 311 g/mol. The molecule has 2 rings (SSSR count). The summed E-state index contributed by atoms with van der Waals surface area (Å²) < 4.78 is 5.16. The Balaban J connectivity index is 2.47. The van der Waals surface area contributed by atoms with Crippen molar-refractivity contribution >= 4 is 35.7 Å². The second-order valence-corrected chi connectivity index (χ2v) is 4.59.